The molecule has 0 aliphatic rings. The Hall–Kier alpha value is -1.46. The smallest absolute Gasteiger partial charge is 0.134 e. The molecular formula is C13H17NO. The fraction of sp³-hybridized carbons (Fsp3) is 0.385. The van der Waals surface area contributed by atoms with E-state index in [1.165, 1.54) is 5.56 Å². The summed E-state index contributed by atoms with van der Waals surface area (Å²) < 4.78 is 5.60. The summed E-state index contributed by atoms with van der Waals surface area (Å²) in [6.45, 7) is 5.22. The van der Waals surface area contributed by atoms with Crippen LogP contribution in [0.2, 0.25) is 0 Å². The van der Waals surface area contributed by atoms with Crippen molar-refractivity contribution in [3.8, 4) is 17.6 Å². The van der Waals surface area contributed by atoms with E-state index < -0.39 is 0 Å². The van der Waals surface area contributed by atoms with Crippen molar-refractivity contribution in [2.24, 2.45) is 5.73 Å². The van der Waals surface area contributed by atoms with Gasteiger partial charge in [-0.05, 0) is 31.0 Å². The van der Waals surface area contributed by atoms with E-state index in [2.05, 4.69) is 18.8 Å². The molecule has 0 radical (unpaired) electrons. The van der Waals surface area contributed by atoms with Crippen LogP contribution in [-0.2, 0) is 0 Å². The Morgan fingerprint density at radius 2 is 2.20 bits per heavy atom. The zero-order valence-electron chi connectivity index (χ0n) is 9.34. The van der Waals surface area contributed by atoms with Gasteiger partial charge < -0.3 is 10.5 Å². The minimum atomic E-state index is 0.376. The highest BCUT2D eigenvalue weighted by molar-refractivity contribution is 5.48. The summed E-state index contributed by atoms with van der Waals surface area (Å²) in [5.41, 5.74) is 7.46. The van der Waals surface area contributed by atoms with E-state index >= 15 is 0 Å². The standard InChI is InChI=1S/C13H17NO/c1-3-9-15-13-7-6-11(2)10-12(13)5-4-8-14/h6-7,10H,3,8-9,14H2,1-2H3. The van der Waals surface area contributed by atoms with E-state index in [0.29, 0.717) is 6.54 Å². The lowest BCUT2D eigenvalue weighted by atomic mass is 10.1. The van der Waals surface area contributed by atoms with Crippen molar-refractivity contribution in [3.63, 3.8) is 0 Å². The highest BCUT2D eigenvalue weighted by Gasteiger charge is 2.00. The van der Waals surface area contributed by atoms with E-state index in [-0.39, 0.29) is 0 Å². The Kier molecular flexibility index (Phi) is 4.73. The van der Waals surface area contributed by atoms with Crippen LogP contribution in [0.25, 0.3) is 0 Å². The monoisotopic (exact) mass is 203 g/mol. The molecule has 0 bridgehead atoms. The van der Waals surface area contributed by atoms with E-state index in [1.54, 1.807) is 0 Å². The van der Waals surface area contributed by atoms with Gasteiger partial charge >= 0.3 is 0 Å². The first-order chi connectivity index (χ1) is 7.27. The predicted molar refractivity (Wildman–Crippen MR) is 62.9 cm³/mol. The average molecular weight is 203 g/mol. The van der Waals surface area contributed by atoms with Crippen LogP contribution in [0.4, 0.5) is 0 Å². The number of ether oxygens (including phenoxy) is 1. The number of aryl methyl sites for hydroxylation is 1. The summed E-state index contributed by atoms with van der Waals surface area (Å²) in [4.78, 5) is 0. The normalized spacial score (nSPS) is 9.27. The van der Waals surface area contributed by atoms with E-state index in [9.17, 15) is 0 Å². The van der Waals surface area contributed by atoms with Crippen LogP contribution in [0.5, 0.6) is 5.75 Å². The zero-order chi connectivity index (χ0) is 11.1. The third-order valence-corrected chi connectivity index (χ3v) is 1.92. The molecule has 0 aliphatic carbocycles. The summed E-state index contributed by atoms with van der Waals surface area (Å²) in [7, 11) is 0. The number of benzene rings is 1. The second-order valence-electron chi connectivity index (χ2n) is 3.35. The molecule has 2 N–H and O–H groups in total. The minimum absolute atomic E-state index is 0.376. The van der Waals surface area contributed by atoms with Crippen LogP contribution < -0.4 is 10.5 Å². The van der Waals surface area contributed by atoms with Crippen LogP contribution >= 0.6 is 0 Å². The van der Waals surface area contributed by atoms with Crippen LogP contribution in [0.15, 0.2) is 18.2 Å². The number of rotatable bonds is 3. The van der Waals surface area contributed by atoms with Crippen LogP contribution in [-0.4, -0.2) is 13.2 Å². The third kappa shape index (κ3) is 3.65. The SMILES string of the molecule is CCCOc1ccc(C)cc1C#CCN. The molecule has 0 heterocycles. The van der Waals surface area contributed by atoms with Crippen molar-refractivity contribution in [1.82, 2.24) is 0 Å². The van der Waals surface area contributed by atoms with Gasteiger partial charge in [0.2, 0.25) is 0 Å². The molecule has 0 spiro atoms. The van der Waals surface area contributed by atoms with Gasteiger partial charge in [0.25, 0.3) is 0 Å². The number of nitrogens with two attached hydrogens (primary N) is 1. The molecule has 2 nitrogen and oxygen atoms in total. The Labute approximate surface area is 91.4 Å². The first-order valence-corrected chi connectivity index (χ1v) is 5.20. The molecular weight excluding hydrogens is 186 g/mol. The quantitative estimate of drug-likeness (QED) is 0.763. The van der Waals surface area contributed by atoms with E-state index in [4.69, 9.17) is 10.5 Å². The second kappa shape index (κ2) is 6.10. The molecule has 1 rings (SSSR count). The van der Waals surface area contributed by atoms with Crippen molar-refractivity contribution in [1.29, 1.82) is 0 Å². The molecule has 0 amide bonds. The van der Waals surface area contributed by atoms with Crippen LogP contribution in [0.3, 0.4) is 0 Å². The molecule has 0 atom stereocenters. The molecule has 15 heavy (non-hydrogen) atoms. The molecule has 1 aromatic carbocycles. The highest BCUT2D eigenvalue weighted by Crippen LogP contribution is 2.19. The average Bonchev–Trinajstić information content (AvgIpc) is 2.25. The molecule has 1 aromatic rings. The van der Waals surface area contributed by atoms with Gasteiger partial charge in [0.1, 0.15) is 5.75 Å². The van der Waals surface area contributed by atoms with Crippen molar-refractivity contribution in [2.75, 3.05) is 13.2 Å². The largest absolute Gasteiger partial charge is 0.492 e. The fourth-order valence-electron chi connectivity index (χ4n) is 1.23. The lowest BCUT2D eigenvalue weighted by Crippen LogP contribution is -1.98. The Bertz CT molecular complexity index is 374. The Morgan fingerprint density at radius 1 is 1.40 bits per heavy atom. The maximum absolute atomic E-state index is 5.60. The fourth-order valence-corrected chi connectivity index (χ4v) is 1.23. The Morgan fingerprint density at radius 3 is 2.87 bits per heavy atom. The van der Waals surface area contributed by atoms with Crippen molar-refractivity contribution in [3.05, 3.63) is 29.3 Å². The second-order valence-corrected chi connectivity index (χ2v) is 3.35. The van der Waals surface area contributed by atoms with Gasteiger partial charge in [0.15, 0.2) is 0 Å². The van der Waals surface area contributed by atoms with Gasteiger partial charge in [0.05, 0.1) is 18.7 Å². The van der Waals surface area contributed by atoms with Gasteiger partial charge in [-0.15, -0.1) is 0 Å². The summed E-state index contributed by atoms with van der Waals surface area (Å²) >= 11 is 0. The lowest BCUT2D eigenvalue weighted by Gasteiger charge is -2.07. The molecule has 0 aromatic heterocycles. The first-order valence-electron chi connectivity index (χ1n) is 5.20. The van der Waals surface area contributed by atoms with Gasteiger partial charge in [-0.3, -0.25) is 0 Å². The topological polar surface area (TPSA) is 35.2 Å². The molecule has 0 fully saturated rings. The number of hydrogen-bond donors (Lipinski definition) is 1. The minimum Gasteiger partial charge on any atom is -0.492 e. The highest BCUT2D eigenvalue weighted by atomic mass is 16.5. The maximum atomic E-state index is 5.60. The van der Waals surface area contributed by atoms with Crippen molar-refractivity contribution in [2.45, 2.75) is 20.3 Å². The van der Waals surface area contributed by atoms with E-state index in [0.717, 1.165) is 24.3 Å². The van der Waals surface area contributed by atoms with Gasteiger partial charge in [-0.1, -0.05) is 24.8 Å². The molecule has 0 aliphatic heterocycles. The van der Waals surface area contributed by atoms with Gasteiger partial charge in [0, 0.05) is 0 Å². The van der Waals surface area contributed by atoms with Crippen LogP contribution in [0.1, 0.15) is 24.5 Å². The molecule has 0 saturated carbocycles. The summed E-state index contributed by atoms with van der Waals surface area (Å²) in [5.74, 6) is 6.72. The summed E-state index contributed by atoms with van der Waals surface area (Å²) in [6, 6.07) is 6.01. The molecule has 2 heteroatoms. The van der Waals surface area contributed by atoms with Crippen LogP contribution in [0, 0.1) is 18.8 Å². The van der Waals surface area contributed by atoms with E-state index in [1.807, 2.05) is 25.1 Å². The first kappa shape index (κ1) is 11.6. The zero-order valence-corrected chi connectivity index (χ0v) is 9.34. The predicted octanol–water partition coefficient (Wildman–Crippen LogP) is 2.09. The molecule has 0 unspecified atom stereocenters. The van der Waals surface area contributed by atoms with Gasteiger partial charge in [-0.25, -0.2) is 0 Å². The summed E-state index contributed by atoms with van der Waals surface area (Å²) in [6.07, 6.45) is 0.998. The maximum Gasteiger partial charge on any atom is 0.134 e. The third-order valence-electron chi connectivity index (χ3n) is 1.92. The lowest BCUT2D eigenvalue weighted by molar-refractivity contribution is 0.316. The van der Waals surface area contributed by atoms with Gasteiger partial charge in [-0.2, -0.15) is 0 Å². The van der Waals surface area contributed by atoms with Crippen molar-refractivity contribution < 1.29 is 4.74 Å². The van der Waals surface area contributed by atoms with Crippen molar-refractivity contribution >= 4 is 0 Å². The number of hydrogen-bond acceptors (Lipinski definition) is 2. The molecule has 0 saturated heterocycles. The molecule has 80 valence electrons. The Balaban J connectivity index is 2.92. The summed E-state index contributed by atoms with van der Waals surface area (Å²) in [5, 5.41) is 0.